The quantitative estimate of drug-likeness (QED) is 0.563. The van der Waals surface area contributed by atoms with Gasteiger partial charge in [-0.1, -0.05) is 12.7 Å². The topological polar surface area (TPSA) is 54.4 Å². The lowest BCUT2D eigenvalue weighted by molar-refractivity contribution is -0.114. The third-order valence-electron chi connectivity index (χ3n) is 1.86. The molecule has 1 heterocycles. The van der Waals surface area contributed by atoms with Gasteiger partial charge in [-0.25, -0.2) is 0 Å². The van der Waals surface area contributed by atoms with E-state index < -0.39 is 15.8 Å². The summed E-state index contributed by atoms with van der Waals surface area (Å²) in [7, 11) is -0.898. The summed E-state index contributed by atoms with van der Waals surface area (Å²) < 4.78 is 0. The van der Waals surface area contributed by atoms with Crippen LogP contribution in [0, 0.1) is 0 Å². The van der Waals surface area contributed by atoms with Crippen molar-refractivity contribution in [3.8, 4) is 0 Å². The van der Waals surface area contributed by atoms with Crippen molar-refractivity contribution in [2.24, 2.45) is 0 Å². The fourth-order valence-electron chi connectivity index (χ4n) is 1.10. The highest BCUT2D eigenvalue weighted by atomic mass is 32.2. The molecule has 0 aromatic rings. The van der Waals surface area contributed by atoms with Gasteiger partial charge in [0.2, 0.25) is 0 Å². The molecule has 14 heavy (non-hydrogen) atoms. The van der Waals surface area contributed by atoms with Gasteiger partial charge in [-0.15, -0.1) is 10.9 Å². The standard InChI is InChI=1S/C10H11O3S/c1-3-10(13,7-11)14-6-4-5-9(14)8(2)12/h3-7,13H,1H2,2H3. The van der Waals surface area contributed by atoms with Crippen LogP contribution in [-0.2, 0) is 9.59 Å². The number of allylic oxidation sites excluding steroid dienone is 3. The van der Waals surface area contributed by atoms with Crippen molar-refractivity contribution in [1.82, 2.24) is 0 Å². The molecule has 1 rings (SSSR count). The second-order valence-electron chi connectivity index (χ2n) is 2.83. The number of rotatable bonds is 4. The lowest BCUT2D eigenvalue weighted by Crippen LogP contribution is -2.27. The van der Waals surface area contributed by atoms with Crippen LogP contribution in [-0.4, -0.2) is 22.1 Å². The van der Waals surface area contributed by atoms with Crippen LogP contribution in [0.3, 0.4) is 0 Å². The minimum absolute atomic E-state index is 0.138. The molecular formula is C10H11O3S. The van der Waals surface area contributed by atoms with E-state index in [9.17, 15) is 14.7 Å². The van der Waals surface area contributed by atoms with Gasteiger partial charge < -0.3 is 5.11 Å². The lowest BCUT2D eigenvalue weighted by Gasteiger charge is -2.26. The highest BCUT2D eigenvalue weighted by molar-refractivity contribution is 8.25. The van der Waals surface area contributed by atoms with E-state index in [1.807, 2.05) is 0 Å². The maximum atomic E-state index is 11.2. The number of carbonyl (C=O) groups excluding carboxylic acids is 2. The van der Waals surface area contributed by atoms with Gasteiger partial charge >= 0.3 is 0 Å². The molecule has 0 aromatic heterocycles. The Kier molecular flexibility index (Phi) is 3.08. The largest absolute Gasteiger partial charge is 0.370 e. The van der Waals surface area contributed by atoms with Crippen LogP contribution in [0.15, 0.2) is 35.1 Å². The van der Waals surface area contributed by atoms with Crippen molar-refractivity contribution in [2.45, 2.75) is 11.9 Å². The number of aldehydes is 1. The van der Waals surface area contributed by atoms with Gasteiger partial charge in [-0.2, -0.15) is 0 Å². The molecule has 0 bridgehead atoms. The van der Waals surface area contributed by atoms with Crippen molar-refractivity contribution in [3.63, 3.8) is 0 Å². The predicted molar refractivity (Wildman–Crippen MR) is 56.7 cm³/mol. The first kappa shape index (κ1) is 10.9. The Morgan fingerprint density at radius 1 is 1.71 bits per heavy atom. The van der Waals surface area contributed by atoms with Crippen LogP contribution in [0.4, 0.5) is 0 Å². The van der Waals surface area contributed by atoms with Gasteiger partial charge in [-0.05, 0) is 24.5 Å². The van der Waals surface area contributed by atoms with Crippen LogP contribution in [0.1, 0.15) is 6.92 Å². The molecule has 1 atom stereocenters. The second kappa shape index (κ2) is 3.94. The average molecular weight is 211 g/mol. The number of aliphatic hydroxyl groups is 1. The van der Waals surface area contributed by atoms with E-state index in [0.29, 0.717) is 11.2 Å². The van der Waals surface area contributed by atoms with Crippen LogP contribution >= 0.6 is 10.9 Å². The van der Waals surface area contributed by atoms with Crippen LogP contribution < -0.4 is 0 Å². The fraction of sp³-hybridized carbons (Fsp3) is 0.200. The van der Waals surface area contributed by atoms with Crippen molar-refractivity contribution in [2.75, 3.05) is 0 Å². The van der Waals surface area contributed by atoms with Crippen LogP contribution in [0.5, 0.6) is 0 Å². The first-order chi connectivity index (χ1) is 6.55. The van der Waals surface area contributed by atoms with Crippen molar-refractivity contribution in [3.05, 3.63) is 35.1 Å². The molecule has 0 fully saturated rings. The molecule has 1 aliphatic rings. The molecule has 1 radical (unpaired) electrons. The predicted octanol–water partition coefficient (Wildman–Crippen LogP) is 1.33. The maximum Gasteiger partial charge on any atom is 0.184 e. The molecule has 0 aromatic carbocycles. The summed E-state index contributed by atoms with van der Waals surface area (Å²) in [6, 6.07) is 0. The summed E-state index contributed by atoms with van der Waals surface area (Å²) in [6.45, 7) is 4.81. The molecular weight excluding hydrogens is 200 g/mol. The maximum absolute atomic E-state index is 11.2. The molecule has 4 heteroatoms. The molecule has 0 amide bonds. The SMILES string of the molecule is C=CC(O)(C=O)[S]1C=CC=C1C(C)=O. The van der Waals surface area contributed by atoms with E-state index in [1.165, 1.54) is 6.92 Å². The Balaban J connectivity index is 3.05. The lowest BCUT2D eigenvalue weighted by atomic mass is 10.4. The Morgan fingerprint density at radius 3 is 2.79 bits per heavy atom. The Bertz CT molecular complexity index is 333. The average Bonchev–Trinajstić information content (AvgIpc) is 2.65. The molecule has 1 aliphatic heterocycles. The molecule has 0 aliphatic carbocycles. The Hall–Kier alpha value is -1.13. The van der Waals surface area contributed by atoms with Gasteiger partial charge in [0.15, 0.2) is 17.0 Å². The normalized spacial score (nSPS) is 20.0. The minimum Gasteiger partial charge on any atom is -0.370 e. The van der Waals surface area contributed by atoms with Crippen molar-refractivity contribution in [1.29, 1.82) is 0 Å². The monoisotopic (exact) mass is 211 g/mol. The molecule has 1 N–H and O–H groups in total. The van der Waals surface area contributed by atoms with E-state index >= 15 is 0 Å². The number of hydrogen-bond acceptors (Lipinski definition) is 3. The van der Waals surface area contributed by atoms with E-state index in [1.54, 1.807) is 17.6 Å². The second-order valence-corrected chi connectivity index (χ2v) is 4.87. The highest BCUT2D eigenvalue weighted by Gasteiger charge is 2.35. The van der Waals surface area contributed by atoms with Gasteiger partial charge in [0.05, 0.1) is 0 Å². The molecule has 0 saturated heterocycles. The van der Waals surface area contributed by atoms with Gasteiger partial charge in [0.1, 0.15) is 0 Å². The number of hydrogen-bond donors (Lipinski definition) is 1. The van der Waals surface area contributed by atoms with Crippen LogP contribution in [0.25, 0.3) is 0 Å². The zero-order chi connectivity index (χ0) is 10.8. The molecule has 75 valence electrons. The van der Waals surface area contributed by atoms with E-state index in [2.05, 4.69) is 6.58 Å². The first-order valence-corrected chi connectivity index (χ1v) is 5.29. The number of ketones is 1. The number of carbonyl (C=O) groups is 2. The van der Waals surface area contributed by atoms with Crippen LogP contribution in [0.2, 0.25) is 0 Å². The number of Topliss-reactive ketones (excluding diaryl/α,β-unsaturated/α-hetero) is 1. The summed E-state index contributed by atoms with van der Waals surface area (Å²) in [5.74, 6) is -0.138. The highest BCUT2D eigenvalue weighted by Crippen LogP contribution is 2.50. The molecule has 1 unspecified atom stereocenters. The van der Waals surface area contributed by atoms with Gasteiger partial charge in [0.25, 0.3) is 0 Å². The third-order valence-corrected chi connectivity index (χ3v) is 4.15. The van der Waals surface area contributed by atoms with E-state index in [4.69, 9.17) is 0 Å². The van der Waals surface area contributed by atoms with E-state index in [0.717, 1.165) is 6.08 Å². The summed E-state index contributed by atoms with van der Waals surface area (Å²) in [6.07, 6.45) is 4.85. The summed E-state index contributed by atoms with van der Waals surface area (Å²) in [4.78, 5) is 20.7. The smallest absolute Gasteiger partial charge is 0.184 e. The fourth-order valence-corrected chi connectivity index (χ4v) is 2.87. The zero-order valence-corrected chi connectivity index (χ0v) is 8.58. The van der Waals surface area contributed by atoms with E-state index in [-0.39, 0.29) is 5.78 Å². The minimum atomic E-state index is -1.65. The Labute approximate surface area is 85.2 Å². The van der Waals surface area contributed by atoms with Gasteiger partial charge in [-0.3, -0.25) is 9.59 Å². The summed E-state index contributed by atoms with van der Waals surface area (Å²) in [5, 5.41) is 11.5. The summed E-state index contributed by atoms with van der Waals surface area (Å²) >= 11 is 0. The third kappa shape index (κ3) is 1.71. The molecule has 3 nitrogen and oxygen atoms in total. The Morgan fingerprint density at radius 2 is 2.36 bits per heavy atom. The molecule has 0 spiro atoms. The first-order valence-electron chi connectivity index (χ1n) is 4.00. The van der Waals surface area contributed by atoms with Gasteiger partial charge in [0, 0.05) is 4.91 Å². The molecule has 0 saturated carbocycles. The van der Waals surface area contributed by atoms with Crippen molar-refractivity contribution < 1.29 is 14.7 Å². The van der Waals surface area contributed by atoms with Crippen molar-refractivity contribution >= 4 is 23.0 Å². The zero-order valence-electron chi connectivity index (χ0n) is 7.77. The summed E-state index contributed by atoms with van der Waals surface area (Å²) in [5.41, 5.74) is 0.